The summed E-state index contributed by atoms with van der Waals surface area (Å²) in [6, 6.07) is 6.98. The Morgan fingerprint density at radius 2 is 1.92 bits per heavy atom. The summed E-state index contributed by atoms with van der Waals surface area (Å²) in [6.07, 6.45) is 1.76. The molecule has 1 unspecified atom stereocenters. The molecule has 1 aromatic carbocycles. The second-order valence-electron chi connectivity index (χ2n) is 5.83. The van der Waals surface area contributed by atoms with E-state index in [0.29, 0.717) is 24.4 Å². The lowest BCUT2D eigenvalue weighted by atomic mass is 9.97. The molecule has 1 aliphatic rings. The fourth-order valence-corrected chi connectivity index (χ4v) is 2.95. The molecule has 2 rings (SSSR count). The zero-order valence-corrected chi connectivity index (χ0v) is 14.1. The van der Waals surface area contributed by atoms with Crippen molar-refractivity contribution in [3.63, 3.8) is 0 Å². The zero-order chi connectivity index (χ0) is 17.5. The van der Waals surface area contributed by atoms with Crippen molar-refractivity contribution in [2.75, 3.05) is 27.3 Å². The molecular formula is C18H23NO5. The molecule has 1 amide bonds. The lowest BCUT2D eigenvalue weighted by Gasteiger charge is -2.31. The largest absolute Gasteiger partial charge is 0.496 e. The van der Waals surface area contributed by atoms with E-state index in [1.165, 1.54) is 14.2 Å². The minimum atomic E-state index is -0.280. The lowest BCUT2D eigenvalue weighted by molar-refractivity contribution is -0.149. The van der Waals surface area contributed by atoms with Gasteiger partial charge in [-0.3, -0.25) is 14.4 Å². The second kappa shape index (κ2) is 8.47. The smallest absolute Gasteiger partial charge is 0.310 e. The van der Waals surface area contributed by atoms with Gasteiger partial charge >= 0.3 is 5.97 Å². The topological polar surface area (TPSA) is 72.9 Å². The maximum absolute atomic E-state index is 12.3. The number of ketones is 1. The number of methoxy groups -OCH3 is 2. The van der Waals surface area contributed by atoms with Crippen LogP contribution in [0.3, 0.4) is 0 Å². The van der Waals surface area contributed by atoms with Crippen LogP contribution in [0, 0.1) is 5.92 Å². The summed E-state index contributed by atoms with van der Waals surface area (Å²) in [5, 5.41) is 0. The van der Waals surface area contributed by atoms with Crippen molar-refractivity contribution in [3.8, 4) is 5.75 Å². The van der Waals surface area contributed by atoms with Crippen LogP contribution < -0.4 is 4.74 Å². The van der Waals surface area contributed by atoms with Crippen LogP contribution in [0.1, 0.15) is 36.0 Å². The van der Waals surface area contributed by atoms with E-state index < -0.39 is 0 Å². The molecule has 0 N–H and O–H groups in total. The van der Waals surface area contributed by atoms with E-state index in [0.717, 1.165) is 12.8 Å². The molecule has 1 atom stereocenters. The molecule has 24 heavy (non-hydrogen) atoms. The number of esters is 1. The Morgan fingerprint density at radius 3 is 2.62 bits per heavy atom. The van der Waals surface area contributed by atoms with Crippen LogP contribution in [0.5, 0.6) is 5.75 Å². The Labute approximate surface area is 141 Å². The van der Waals surface area contributed by atoms with Crippen molar-refractivity contribution in [1.29, 1.82) is 0 Å². The van der Waals surface area contributed by atoms with Crippen molar-refractivity contribution in [1.82, 2.24) is 4.90 Å². The Kier molecular flexibility index (Phi) is 6.35. The molecule has 6 nitrogen and oxygen atoms in total. The number of hydrogen-bond donors (Lipinski definition) is 0. The predicted octanol–water partition coefficient (Wildman–Crippen LogP) is 2.07. The molecule has 1 aliphatic heterocycles. The van der Waals surface area contributed by atoms with Gasteiger partial charge in [0.2, 0.25) is 5.91 Å². The first-order valence-corrected chi connectivity index (χ1v) is 8.08. The Hall–Kier alpha value is -2.37. The number of rotatable bonds is 6. The summed E-state index contributed by atoms with van der Waals surface area (Å²) < 4.78 is 9.93. The van der Waals surface area contributed by atoms with Crippen LogP contribution in [0.4, 0.5) is 0 Å². The van der Waals surface area contributed by atoms with E-state index in [4.69, 9.17) is 9.47 Å². The minimum absolute atomic E-state index is 0.105. The fraction of sp³-hybridized carbons (Fsp3) is 0.500. The molecule has 0 radical (unpaired) electrons. The van der Waals surface area contributed by atoms with E-state index >= 15 is 0 Å². The number of benzene rings is 1. The number of Topliss-reactive ketones (excluding diaryl/α,β-unsaturated/α-hetero) is 1. The number of nitrogens with zero attached hydrogens (tertiary/aromatic N) is 1. The summed E-state index contributed by atoms with van der Waals surface area (Å²) in [6.45, 7) is 0.990. The molecule has 0 spiro atoms. The molecular weight excluding hydrogens is 310 g/mol. The minimum Gasteiger partial charge on any atom is -0.496 e. The molecule has 1 heterocycles. The van der Waals surface area contributed by atoms with Gasteiger partial charge in [0, 0.05) is 25.9 Å². The molecule has 0 bridgehead atoms. The van der Waals surface area contributed by atoms with Gasteiger partial charge in [-0.2, -0.15) is 0 Å². The molecule has 1 aromatic rings. The highest BCUT2D eigenvalue weighted by Gasteiger charge is 2.29. The maximum atomic E-state index is 12.3. The van der Waals surface area contributed by atoms with E-state index in [9.17, 15) is 14.4 Å². The third kappa shape index (κ3) is 4.34. The van der Waals surface area contributed by atoms with Crippen LogP contribution in [0.25, 0.3) is 0 Å². The van der Waals surface area contributed by atoms with Gasteiger partial charge in [0.1, 0.15) is 5.75 Å². The average molecular weight is 333 g/mol. The van der Waals surface area contributed by atoms with Crippen molar-refractivity contribution >= 4 is 17.7 Å². The van der Waals surface area contributed by atoms with Crippen LogP contribution in [0.15, 0.2) is 24.3 Å². The van der Waals surface area contributed by atoms with Gasteiger partial charge in [-0.25, -0.2) is 0 Å². The standard InChI is InChI=1S/C18H23NO5/c1-23-16-8-4-3-7-14(16)15(20)9-10-17(21)19-11-5-6-13(12-19)18(22)24-2/h3-4,7-8,13H,5-6,9-12H2,1-2H3. The maximum Gasteiger partial charge on any atom is 0.310 e. The van der Waals surface area contributed by atoms with Gasteiger partial charge in [0.05, 0.1) is 25.7 Å². The molecule has 1 saturated heterocycles. The van der Waals surface area contributed by atoms with Gasteiger partial charge in [-0.1, -0.05) is 12.1 Å². The van der Waals surface area contributed by atoms with Crippen LogP contribution >= 0.6 is 0 Å². The number of ether oxygens (including phenoxy) is 2. The second-order valence-corrected chi connectivity index (χ2v) is 5.83. The molecule has 130 valence electrons. The summed E-state index contributed by atoms with van der Waals surface area (Å²) in [7, 11) is 2.87. The highest BCUT2D eigenvalue weighted by Crippen LogP contribution is 2.21. The number of carbonyl (C=O) groups is 3. The Balaban J connectivity index is 1.90. The van der Waals surface area contributed by atoms with Gasteiger partial charge in [-0.15, -0.1) is 0 Å². The third-order valence-corrected chi connectivity index (χ3v) is 4.28. The van der Waals surface area contributed by atoms with Crippen LogP contribution in [0.2, 0.25) is 0 Å². The van der Waals surface area contributed by atoms with Gasteiger partial charge in [0.25, 0.3) is 0 Å². The first-order chi connectivity index (χ1) is 11.6. The van der Waals surface area contributed by atoms with E-state index in [2.05, 4.69) is 0 Å². The highest BCUT2D eigenvalue weighted by molar-refractivity contribution is 6.00. The van der Waals surface area contributed by atoms with Gasteiger partial charge in [-0.05, 0) is 25.0 Å². The van der Waals surface area contributed by atoms with E-state index in [-0.39, 0.29) is 36.4 Å². The van der Waals surface area contributed by atoms with Crippen molar-refractivity contribution in [2.24, 2.45) is 5.92 Å². The predicted molar refractivity (Wildman–Crippen MR) is 87.9 cm³/mol. The van der Waals surface area contributed by atoms with Crippen LogP contribution in [-0.4, -0.2) is 49.9 Å². The number of carbonyl (C=O) groups excluding carboxylic acids is 3. The third-order valence-electron chi connectivity index (χ3n) is 4.28. The van der Waals surface area contributed by atoms with E-state index in [1.807, 2.05) is 0 Å². The summed E-state index contributed by atoms with van der Waals surface area (Å²) in [5.41, 5.74) is 0.485. The number of hydrogen-bond acceptors (Lipinski definition) is 5. The molecule has 0 aromatic heterocycles. The summed E-state index contributed by atoms with van der Waals surface area (Å²) in [5.74, 6) is -0.261. The molecule has 0 saturated carbocycles. The van der Waals surface area contributed by atoms with E-state index in [1.54, 1.807) is 29.2 Å². The van der Waals surface area contributed by atoms with Gasteiger partial charge in [0.15, 0.2) is 5.78 Å². The van der Waals surface area contributed by atoms with Crippen molar-refractivity contribution in [3.05, 3.63) is 29.8 Å². The first-order valence-electron chi connectivity index (χ1n) is 8.08. The summed E-state index contributed by atoms with van der Waals surface area (Å²) >= 11 is 0. The lowest BCUT2D eigenvalue weighted by Crippen LogP contribution is -2.42. The zero-order valence-electron chi connectivity index (χ0n) is 14.1. The quantitative estimate of drug-likeness (QED) is 0.588. The Bertz CT molecular complexity index is 613. The highest BCUT2D eigenvalue weighted by atomic mass is 16.5. The Morgan fingerprint density at radius 1 is 1.17 bits per heavy atom. The number of piperidine rings is 1. The van der Waals surface area contributed by atoms with Crippen LogP contribution in [-0.2, 0) is 14.3 Å². The monoisotopic (exact) mass is 333 g/mol. The number of amides is 1. The SMILES string of the molecule is COC(=O)C1CCCN(C(=O)CCC(=O)c2ccccc2OC)C1. The molecule has 1 fully saturated rings. The first kappa shape index (κ1) is 18.0. The number of para-hydroxylation sites is 1. The normalized spacial score (nSPS) is 17.2. The van der Waals surface area contributed by atoms with Gasteiger partial charge < -0.3 is 14.4 Å². The average Bonchev–Trinajstić information content (AvgIpc) is 2.65. The molecule has 6 heteroatoms. The number of likely N-dealkylation sites (tertiary alicyclic amines) is 1. The summed E-state index contributed by atoms with van der Waals surface area (Å²) in [4.78, 5) is 37.9. The van der Waals surface area contributed by atoms with Crippen molar-refractivity contribution in [2.45, 2.75) is 25.7 Å². The van der Waals surface area contributed by atoms with Crippen molar-refractivity contribution < 1.29 is 23.9 Å². The fourth-order valence-electron chi connectivity index (χ4n) is 2.95. The molecule has 0 aliphatic carbocycles.